The van der Waals surface area contributed by atoms with Gasteiger partial charge in [0, 0.05) is 29.4 Å². The minimum absolute atomic E-state index is 0.285. The summed E-state index contributed by atoms with van der Waals surface area (Å²) in [6.07, 6.45) is 4.79. The van der Waals surface area contributed by atoms with E-state index in [1.54, 1.807) is 6.07 Å². The number of hydrogen-bond acceptors (Lipinski definition) is 3. The van der Waals surface area contributed by atoms with Crippen molar-refractivity contribution in [2.45, 2.75) is 45.6 Å². The normalized spacial score (nSPS) is 18.6. The van der Waals surface area contributed by atoms with E-state index in [1.807, 2.05) is 19.1 Å². The third-order valence-corrected chi connectivity index (χ3v) is 4.58. The predicted octanol–water partition coefficient (Wildman–Crippen LogP) is 4.01. The lowest BCUT2D eigenvalue weighted by atomic mass is 9.97. The number of rotatable bonds is 3. The number of pyridine rings is 1. The summed E-state index contributed by atoms with van der Waals surface area (Å²) in [6.45, 7) is 5.20. The molecule has 1 unspecified atom stereocenters. The Morgan fingerprint density at radius 3 is 2.95 bits per heavy atom. The van der Waals surface area contributed by atoms with Gasteiger partial charge in [-0.1, -0.05) is 19.1 Å². The summed E-state index contributed by atoms with van der Waals surface area (Å²) < 4.78 is 0. The fourth-order valence-electron chi connectivity index (χ4n) is 3.51. The molecular formula is C18H22N2O2. The van der Waals surface area contributed by atoms with E-state index in [-0.39, 0.29) is 5.56 Å². The lowest BCUT2D eigenvalue weighted by Gasteiger charge is -2.38. The van der Waals surface area contributed by atoms with Crippen LogP contribution in [-0.2, 0) is 0 Å². The van der Waals surface area contributed by atoms with E-state index in [0.717, 1.165) is 29.7 Å². The minimum atomic E-state index is -0.916. The molecule has 0 aliphatic carbocycles. The molecule has 1 N–H and O–H groups in total. The number of piperidine rings is 1. The zero-order chi connectivity index (χ0) is 15.7. The first kappa shape index (κ1) is 14.8. The number of fused-ring (bicyclic) bond motifs is 1. The molecule has 3 rings (SSSR count). The van der Waals surface area contributed by atoms with Crippen LogP contribution in [0, 0.1) is 6.92 Å². The van der Waals surface area contributed by atoms with Gasteiger partial charge in [0.2, 0.25) is 0 Å². The van der Waals surface area contributed by atoms with Crippen molar-refractivity contribution in [3.05, 3.63) is 35.5 Å². The predicted molar refractivity (Wildman–Crippen MR) is 88.7 cm³/mol. The number of benzene rings is 1. The van der Waals surface area contributed by atoms with Crippen molar-refractivity contribution >= 4 is 22.6 Å². The number of aromatic carboxylic acids is 1. The standard InChI is InChI=1S/C18H22N2O2/c1-3-13-7-4-5-10-20(13)16-11-12(2)19-17-14(16)8-6-9-15(17)18(21)22/h6,8-9,11,13H,3-5,7,10H2,1-2H3,(H,21,22). The molecule has 1 fully saturated rings. The van der Waals surface area contributed by atoms with Crippen molar-refractivity contribution in [2.24, 2.45) is 0 Å². The van der Waals surface area contributed by atoms with Crippen molar-refractivity contribution < 1.29 is 9.90 Å². The quantitative estimate of drug-likeness (QED) is 0.930. The third kappa shape index (κ3) is 2.54. The first-order chi connectivity index (χ1) is 10.6. The first-order valence-corrected chi connectivity index (χ1v) is 8.02. The van der Waals surface area contributed by atoms with Crippen LogP contribution in [0.2, 0.25) is 0 Å². The van der Waals surface area contributed by atoms with Gasteiger partial charge in [-0.3, -0.25) is 4.98 Å². The smallest absolute Gasteiger partial charge is 0.337 e. The van der Waals surface area contributed by atoms with Crippen LogP contribution >= 0.6 is 0 Å². The number of aromatic nitrogens is 1. The molecule has 1 aliphatic heterocycles. The lowest BCUT2D eigenvalue weighted by molar-refractivity contribution is 0.0699. The molecule has 1 saturated heterocycles. The topological polar surface area (TPSA) is 53.4 Å². The highest BCUT2D eigenvalue weighted by Crippen LogP contribution is 2.33. The summed E-state index contributed by atoms with van der Waals surface area (Å²) in [5, 5.41) is 10.4. The zero-order valence-corrected chi connectivity index (χ0v) is 13.2. The second kappa shape index (κ2) is 5.95. The number of aryl methyl sites for hydroxylation is 1. The Bertz CT molecular complexity index is 712. The van der Waals surface area contributed by atoms with Crippen LogP contribution in [0.1, 0.15) is 48.7 Å². The van der Waals surface area contributed by atoms with Crippen molar-refractivity contribution in [1.82, 2.24) is 4.98 Å². The highest BCUT2D eigenvalue weighted by atomic mass is 16.4. The summed E-state index contributed by atoms with van der Waals surface area (Å²) in [7, 11) is 0. The Kier molecular flexibility index (Phi) is 4.01. The number of carbonyl (C=O) groups is 1. The average Bonchev–Trinajstić information content (AvgIpc) is 2.53. The molecule has 1 aromatic heterocycles. The van der Waals surface area contributed by atoms with E-state index in [9.17, 15) is 9.90 Å². The van der Waals surface area contributed by atoms with Gasteiger partial charge in [0.1, 0.15) is 0 Å². The number of nitrogens with zero attached hydrogens (tertiary/aromatic N) is 2. The first-order valence-electron chi connectivity index (χ1n) is 8.02. The van der Waals surface area contributed by atoms with Crippen LogP contribution in [0.4, 0.5) is 5.69 Å². The van der Waals surface area contributed by atoms with Crippen molar-refractivity contribution in [1.29, 1.82) is 0 Å². The fraction of sp³-hybridized carbons (Fsp3) is 0.444. The van der Waals surface area contributed by atoms with Gasteiger partial charge in [0.15, 0.2) is 0 Å². The van der Waals surface area contributed by atoms with Crippen molar-refractivity contribution in [2.75, 3.05) is 11.4 Å². The van der Waals surface area contributed by atoms with E-state index >= 15 is 0 Å². The van der Waals surface area contributed by atoms with E-state index in [0.29, 0.717) is 11.6 Å². The van der Waals surface area contributed by atoms with Gasteiger partial charge in [0.05, 0.1) is 11.1 Å². The monoisotopic (exact) mass is 298 g/mol. The lowest BCUT2D eigenvalue weighted by Crippen LogP contribution is -2.39. The molecule has 4 heteroatoms. The molecule has 0 amide bonds. The number of hydrogen-bond donors (Lipinski definition) is 1. The van der Waals surface area contributed by atoms with Crippen LogP contribution in [-0.4, -0.2) is 28.6 Å². The molecule has 0 saturated carbocycles. The molecule has 2 aromatic rings. The van der Waals surface area contributed by atoms with E-state index in [4.69, 9.17) is 0 Å². The number of carboxylic acid groups (broad SMARTS) is 1. The highest BCUT2D eigenvalue weighted by molar-refractivity contribution is 6.05. The van der Waals surface area contributed by atoms with Crippen molar-refractivity contribution in [3.63, 3.8) is 0 Å². The van der Waals surface area contributed by atoms with Gasteiger partial charge in [-0.15, -0.1) is 0 Å². The van der Waals surface area contributed by atoms with E-state index < -0.39 is 5.97 Å². The summed E-state index contributed by atoms with van der Waals surface area (Å²) in [6, 6.07) is 8.07. The maximum atomic E-state index is 11.5. The van der Waals surface area contributed by atoms with Crippen molar-refractivity contribution in [3.8, 4) is 0 Å². The Morgan fingerprint density at radius 1 is 1.41 bits per heavy atom. The summed E-state index contributed by atoms with van der Waals surface area (Å²) in [4.78, 5) is 18.4. The third-order valence-electron chi connectivity index (χ3n) is 4.58. The molecule has 1 atom stereocenters. The fourth-order valence-corrected chi connectivity index (χ4v) is 3.51. The summed E-state index contributed by atoms with van der Waals surface area (Å²) >= 11 is 0. The largest absolute Gasteiger partial charge is 0.478 e. The molecule has 22 heavy (non-hydrogen) atoms. The maximum absolute atomic E-state index is 11.5. The summed E-state index contributed by atoms with van der Waals surface area (Å²) in [5.41, 5.74) is 2.90. The molecule has 116 valence electrons. The van der Waals surface area contributed by atoms with Crippen LogP contribution < -0.4 is 4.90 Å². The minimum Gasteiger partial charge on any atom is -0.478 e. The molecule has 4 nitrogen and oxygen atoms in total. The van der Waals surface area contributed by atoms with Gasteiger partial charge < -0.3 is 10.0 Å². The number of para-hydroxylation sites is 1. The van der Waals surface area contributed by atoms with E-state index in [1.165, 1.54) is 19.3 Å². The van der Waals surface area contributed by atoms with Crippen LogP contribution in [0.15, 0.2) is 24.3 Å². The number of anilines is 1. The number of carboxylic acids is 1. The summed E-state index contributed by atoms with van der Waals surface area (Å²) in [5.74, 6) is -0.916. The van der Waals surface area contributed by atoms with Gasteiger partial charge in [-0.2, -0.15) is 0 Å². The Balaban J connectivity index is 2.21. The molecular weight excluding hydrogens is 276 g/mol. The SMILES string of the molecule is CCC1CCCCN1c1cc(C)nc2c(C(=O)O)cccc12. The van der Waals surface area contributed by atoms with Crippen LogP contribution in [0.25, 0.3) is 10.9 Å². The van der Waals surface area contributed by atoms with Gasteiger partial charge >= 0.3 is 5.97 Å². The molecule has 0 spiro atoms. The zero-order valence-electron chi connectivity index (χ0n) is 13.2. The Hall–Kier alpha value is -2.10. The molecule has 1 aliphatic rings. The van der Waals surface area contributed by atoms with Crippen LogP contribution in [0.3, 0.4) is 0 Å². The Labute approximate surface area is 130 Å². The van der Waals surface area contributed by atoms with Gasteiger partial charge in [-0.05, 0) is 44.7 Å². The average molecular weight is 298 g/mol. The maximum Gasteiger partial charge on any atom is 0.337 e. The second-order valence-electron chi connectivity index (χ2n) is 6.04. The highest BCUT2D eigenvalue weighted by Gasteiger charge is 2.24. The molecule has 0 radical (unpaired) electrons. The Morgan fingerprint density at radius 2 is 2.23 bits per heavy atom. The van der Waals surface area contributed by atoms with E-state index in [2.05, 4.69) is 22.9 Å². The van der Waals surface area contributed by atoms with Gasteiger partial charge in [-0.25, -0.2) is 4.79 Å². The molecule has 2 heterocycles. The van der Waals surface area contributed by atoms with Gasteiger partial charge in [0.25, 0.3) is 0 Å². The molecule has 1 aromatic carbocycles. The van der Waals surface area contributed by atoms with Crippen LogP contribution in [0.5, 0.6) is 0 Å². The molecule has 0 bridgehead atoms. The second-order valence-corrected chi connectivity index (χ2v) is 6.04.